The Balaban J connectivity index is 1.94. The van der Waals surface area contributed by atoms with Gasteiger partial charge in [-0.05, 0) is 43.9 Å². The Morgan fingerprint density at radius 1 is 1.00 bits per heavy atom. The second kappa shape index (κ2) is 5.35. The number of anilines is 1. The lowest BCUT2D eigenvalue weighted by atomic mass is 9.85. The molecule has 6 heteroatoms. The molecule has 1 N–H and O–H groups in total. The zero-order valence-electron chi connectivity index (χ0n) is 10.1. The SMILES string of the molecule is Fc1ccc(F)c(NC2CCC(C(F)(F)F)CC2)c1. The summed E-state index contributed by atoms with van der Waals surface area (Å²) in [5.74, 6) is -2.45. The van der Waals surface area contributed by atoms with E-state index in [-0.39, 0.29) is 24.6 Å². The van der Waals surface area contributed by atoms with Gasteiger partial charge >= 0.3 is 6.18 Å². The van der Waals surface area contributed by atoms with Gasteiger partial charge in [0.2, 0.25) is 0 Å². The van der Waals surface area contributed by atoms with Crippen LogP contribution in [0.3, 0.4) is 0 Å². The minimum Gasteiger partial charge on any atom is -0.380 e. The molecule has 0 aliphatic heterocycles. The molecule has 0 aromatic heterocycles. The van der Waals surface area contributed by atoms with Crippen molar-refractivity contribution in [1.82, 2.24) is 0 Å². The van der Waals surface area contributed by atoms with Gasteiger partial charge in [-0.2, -0.15) is 13.2 Å². The van der Waals surface area contributed by atoms with E-state index in [1.165, 1.54) is 0 Å². The van der Waals surface area contributed by atoms with Gasteiger partial charge < -0.3 is 5.32 Å². The van der Waals surface area contributed by atoms with E-state index in [0.29, 0.717) is 12.8 Å². The van der Waals surface area contributed by atoms with Gasteiger partial charge in [-0.25, -0.2) is 8.78 Å². The predicted octanol–water partition coefficient (Wildman–Crippen LogP) is 4.50. The third kappa shape index (κ3) is 3.58. The van der Waals surface area contributed by atoms with Crippen LogP contribution in [0.4, 0.5) is 27.6 Å². The third-order valence-corrected chi connectivity index (χ3v) is 3.48. The highest BCUT2D eigenvalue weighted by molar-refractivity contribution is 5.45. The lowest BCUT2D eigenvalue weighted by Crippen LogP contribution is -2.33. The van der Waals surface area contributed by atoms with Crippen LogP contribution in [0.15, 0.2) is 18.2 Å². The van der Waals surface area contributed by atoms with E-state index >= 15 is 0 Å². The number of hydrogen-bond donors (Lipinski definition) is 1. The van der Waals surface area contributed by atoms with Crippen LogP contribution in [0.5, 0.6) is 0 Å². The molecular formula is C13H14F5N. The van der Waals surface area contributed by atoms with E-state index in [4.69, 9.17) is 0 Å². The summed E-state index contributed by atoms with van der Waals surface area (Å²) in [4.78, 5) is 0. The van der Waals surface area contributed by atoms with Gasteiger partial charge in [-0.3, -0.25) is 0 Å². The molecule has 2 rings (SSSR count). The van der Waals surface area contributed by atoms with E-state index in [1.54, 1.807) is 0 Å². The molecule has 0 amide bonds. The van der Waals surface area contributed by atoms with Crippen molar-refractivity contribution >= 4 is 5.69 Å². The fourth-order valence-electron chi connectivity index (χ4n) is 2.39. The second-order valence-electron chi connectivity index (χ2n) is 4.86. The molecule has 1 aliphatic rings. The lowest BCUT2D eigenvalue weighted by molar-refractivity contribution is -0.182. The highest BCUT2D eigenvalue weighted by atomic mass is 19.4. The molecule has 0 heterocycles. The minimum atomic E-state index is -4.16. The topological polar surface area (TPSA) is 12.0 Å². The van der Waals surface area contributed by atoms with Crippen LogP contribution >= 0.6 is 0 Å². The molecule has 0 radical (unpaired) electrons. The van der Waals surface area contributed by atoms with Gasteiger partial charge in [-0.15, -0.1) is 0 Å². The van der Waals surface area contributed by atoms with Gasteiger partial charge in [-0.1, -0.05) is 0 Å². The zero-order valence-corrected chi connectivity index (χ0v) is 10.1. The normalized spacial score (nSPS) is 24.3. The fourth-order valence-corrected chi connectivity index (χ4v) is 2.39. The molecule has 1 aromatic carbocycles. The first-order valence-electron chi connectivity index (χ1n) is 6.14. The van der Waals surface area contributed by atoms with Crippen LogP contribution < -0.4 is 5.32 Å². The summed E-state index contributed by atoms with van der Waals surface area (Å²) in [7, 11) is 0. The number of rotatable bonds is 2. The monoisotopic (exact) mass is 279 g/mol. The van der Waals surface area contributed by atoms with Crippen molar-refractivity contribution in [2.75, 3.05) is 5.32 Å². The molecule has 0 bridgehead atoms. The molecule has 0 saturated heterocycles. The van der Waals surface area contributed by atoms with Crippen LogP contribution in [0.2, 0.25) is 0 Å². The highest BCUT2D eigenvalue weighted by Gasteiger charge is 2.41. The Labute approximate surface area is 107 Å². The third-order valence-electron chi connectivity index (χ3n) is 3.48. The summed E-state index contributed by atoms with van der Waals surface area (Å²) in [6.45, 7) is 0. The Morgan fingerprint density at radius 3 is 2.21 bits per heavy atom. The first kappa shape index (κ1) is 14.1. The van der Waals surface area contributed by atoms with Crippen molar-refractivity contribution in [3.8, 4) is 0 Å². The zero-order chi connectivity index (χ0) is 14.0. The van der Waals surface area contributed by atoms with E-state index in [2.05, 4.69) is 5.32 Å². The van der Waals surface area contributed by atoms with Gasteiger partial charge in [0.15, 0.2) is 0 Å². The number of benzene rings is 1. The maximum absolute atomic E-state index is 13.4. The minimum absolute atomic E-state index is 0.00968. The van der Waals surface area contributed by atoms with Crippen molar-refractivity contribution in [2.24, 2.45) is 5.92 Å². The molecule has 19 heavy (non-hydrogen) atoms. The molecule has 0 unspecified atom stereocenters. The molecule has 1 aromatic rings. The Hall–Kier alpha value is -1.33. The van der Waals surface area contributed by atoms with Gasteiger partial charge in [0.25, 0.3) is 0 Å². The molecule has 1 saturated carbocycles. The number of alkyl halides is 3. The highest BCUT2D eigenvalue weighted by Crippen LogP contribution is 2.38. The van der Waals surface area contributed by atoms with Gasteiger partial charge in [0.1, 0.15) is 11.6 Å². The van der Waals surface area contributed by atoms with Crippen molar-refractivity contribution in [3.63, 3.8) is 0 Å². The summed E-state index contributed by atoms with van der Waals surface area (Å²) >= 11 is 0. The Morgan fingerprint density at radius 2 is 1.63 bits per heavy atom. The Kier molecular flexibility index (Phi) is 3.96. The predicted molar refractivity (Wildman–Crippen MR) is 61.8 cm³/mol. The standard InChI is InChI=1S/C13H14F5N/c14-9-3-6-11(15)12(7-9)19-10-4-1-8(2-5-10)13(16,17)18/h3,6-8,10,19H,1-2,4-5H2. The first-order valence-corrected chi connectivity index (χ1v) is 6.14. The van der Waals surface area contributed by atoms with Crippen molar-refractivity contribution < 1.29 is 22.0 Å². The largest absolute Gasteiger partial charge is 0.391 e. The summed E-state index contributed by atoms with van der Waals surface area (Å²) < 4.78 is 63.8. The van der Waals surface area contributed by atoms with Crippen LogP contribution in [0, 0.1) is 17.6 Å². The fraction of sp³-hybridized carbons (Fsp3) is 0.538. The molecule has 0 spiro atoms. The number of nitrogens with one attached hydrogen (secondary N) is 1. The summed E-state index contributed by atoms with van der Waals surface area (Å²) in [6.07, 6.45) is -3.49. The van der Waals surface area contributed by atoms with Crippen molar-refractivity contribution in [2.45, 2.75) is 37.9 Å². The van der Waals surface area contributed by atoms with Crippen LogP contribution in [0.25, 0.3) is 0 Å². The van der Waals surface area contributed by atoms with E-state index in [1.807, 2.05) is 0 Å². The van der Waals surface area contributed by atoms with Crippen LogP contribution in [-0.2, 0) is 0 Å². The van der Waals surface area contributed by atoms with Crippen LogP contribution in [-0.4, -0.2) is 12.2 Å². The van der Waals surface area contributed by atoms with E-state index < -0.39 is 23.7 Å². The molecule has 1 nitrogen and oxygen atoms in total. The molecule has 1 fully saturated rings. The summed E-state index contributed by atoms with van der Waals surface area (Å²) in [6, 6.07) is 2.78. The van der Waals surface area contributed by atoms with Gasteiger partial charge in [0.05, 0.1) is 11.6 Å². The Bertz CT molecular complexity index is 435. The molecule has 1 aliphatic carbocycles. The van der Waals surface area contributed by atoms with Crippen LogP contribution in [0.1, 0.15) is 25.7 Å². The van der Waals surface area contributed by atoms with Gasteiger partial charge in [0, 0.05) is 6.04 Å². The smallest absolute Gasteiger partial charge is 0.380 e. The van der Waals surface area contributed by atoms with E-state index in [0.717, 1.165) is 18.2 Å². The summed E-state index contributed by atoms with van der Waals surface area (Å²) in [5.41, 5.74) is 0.00968. The average molecular weight is 279 g/mol. The molecule has 106 valence electrons. The maximum Gasteiger partial charge on any atom is 0.391 e. The van der Waals surface area contributed by atoms with E-state index in [9.17, 15) is 22.0 Å². The summed E-state index contributed by atoms with van der Waals surface area (Å²) in [5, 5.41) is 2.78. The average Bonchev–Trinajstić information content (AvgIpc) is 2.33. The first-order chi connectivity index (χ1) is 8.86. The second-order valence-corrected chi connectivity index (χ2v) is 4.86. The van der Waals surface area contributed by atoms with Crippen molar-refractivity contribution in [3.05, 3.63) is 29.8 Å². The number of halogens is 5. The lowest BCUT2D eigenvalue weighted by Gasteiger charge is -2.30. The number of hydrogen-bond acceptors (Lipinski definition) is 1. The maximum atomic E-state index is 13.4. The quantitative estimate of drug-likeness (QED) is 0.786. The molecule has 0 atom stereocenters. The van der Waals surface area contributed by atoms with Crippen molar-refractivity contribution in [1.29, 1.82) is 0 Å². The molecular weight excluding hydrogens is 265 g/mol.